The van der Waals surface area contributed by atoms with Crippen LogP contribution in [0.5, 0.6) is 0 Å². The molecule has 0 aliphatic carbocycles. The largest absolute Gasteiger partial charge is 0.351 e. The summed E-state index contributed by atoms with van der Waals surface area (Å²) in [4.78, 5) is 24.2. The fourth-order valence-corrected chi connectivity index (χ4v) is 6.23. The minimum atomic E-state index is -3.76. The van der Waals surface area contributed by atoms with E-state index in [-0.39, 0.29) is 35.7 Å². The molecule has 2 aromatic carbocycles. The number of benzene rings is 2. The molecule has 0 spiro atoms. The second kappa shape index (κ2) is 11.8. The molecule has 3 rings (SSSR count). The van der Waals surface area contributed by atoms with Gasteiger partial charge in [0.1, 0.15) is 0 Å². The van der Waals surface area contributed by atoms with Crippen molar-refractivity contribution in [2.75, 3.05) is 25.0 Å². The van der Waals surface area contributed by atoms with Gasteiger partial charge in [-0.2, -0.15) is 4.31 Å². The molecule has 1 aliphatic heterocycles. The molecule has 0 bridgehead atoms. The Morgan fingerprint density at radius 3 is 2.26 bits per heavy atom. The third kappa shape index (κ3) is 7.28. The van der Waals surface area contributed by atoms with Gasteiger partial charge in [-0.3, -0.25) is 9.59 Å². The van der Waals surface area contributed by atoms with Crippen molar-refractivity contribution >= 4 is 37.5 Å². The Kier molecular flexibility index (Phi) is 9.13. The van der Waals surface area contributed by atoms with Crippen molar-refractivity contribution in [2.24, 2.45) is 5.92 Å². The smallest absolute Gasteiger partial charge is 0.243 e. The molecule has 1 saturated heterocycles. The molecule has 0 aromatic heterocycles. The summed E-state index contributed by atoms with van der Waals surface area (Å²) in [5.41, 5.74) is 1.28. The number of amides is 2. The van der Waals surface area contributed by atoms with Crippen molar-refractivity contribution in [3.63, 3.8) is 0 Å². The molecule has 206 valence electrons. The average molecular weight is 563 g/mol. The fourth-order valence-electron chi connectivity index (χ4n) is 4.11. The van der Waals surface area contributed by atoms with E-state index in [4.69, 9.17) is 0 Å². The van der Waals surface area contributed by atoms with Gasteiger partial charge in [0.2, 0.25) is 31.9 Å². The van der Waals surface area contributed by atoms with E-state index in [2.05, 4.69) is 21.9 Å². The molecule has 3 N–H and O–H groups in total. The van der Waals surface area contributed by atoms with Gasteiger partial charge in [-0.25, -0.2) is 21.6 Å². The van der Waals surface area contributed by atoms with Crippen LogP contribution in [0.3, 0.4) is 0 Å². The first-order valence-corrected chi connectivity index (χ1v) is 15.1. The van der Waals surface area contributed by atoms with Crippen LogP contribution in [0.2, 0.25) is 0 Å². The Balaban J connectivity index is 1.61. The van der Waals surface area contributed by atoms with E-state index in [1.54, 1.807) is 38.1 Å². The zero-order valence-corrected chi connectivity index (χ0v) is 23.4. The highest BCUT2D eigenvalue weighted by atomic mass is 32.2. The molecule has 1 fully saturated rings. The number of hydrogen-bond donors (Lipinski definition) is 3. The summed E-state index contributed by atoms with van der Waals surface area (Å²) in [6.07, 6.45) is 0.542. The molecule has 0 saturated carbocycles. The molecule has 38 heavy (non-hydrogen) atoms. The third-order valence-corrected chi connectivity index (χ3v) is 9.44. The molecule has 0 radical (unpaired) electrons. The van der Waals surface area contributed by atoms with Crippen LogP contribution in [0.25, 0.3) is 0 Å². The van der Waals surface area contributed by atoms with E-state index < -0.39 is 25.5 Å². The van der Waals surface area contributed by atoms with Crippen LogP contribution in [-0.2, 0) is 41.6 Å². The van der Waals surface area contributed by atoms with E-state index >= 15 is 0 Å². The lowest BCUT2D eigenvalue weighted by atomic mass is 9.83. The molecular formula is C26H34N4O6S2. The number of rotatable bonds is 11. The van der Waals surface area contributed by atoms with Crippen molar-refractivity contribution < 1.29 is 26.4 Å². The number of anilines is 1. The number of sulfonamides is 2. The molecule has 2 amide bonds. The maximum Gasteiger partial charge on any atom is 0.243 e. The summed E-state index contributed by atoms with van der Waals surface area (Å²) < 4.78 is 53.2. The number of hydrogen-bond acceptors (Lipinski definition) is 6. The van der Waals surface area contributed by atoms with Crippen LogP contribution < -0.4 is 15.4 Å². The molecule has 1 atom stereocenters. The Labute approximate surface area is 224 Å². The number of nitrogens with one attached hydrogen (secondary N) is 3. The summed E-state index contributed by atoms with van der Waals surface area (Å²) in [6.45, 7) is 9.16. The van der Waals surface area contributed by atoms with Gasteiger partial charge in [0.05, 0.1) is 10.3 Å². The number of carbonyl (C=O) groups excluding carboxylic acids is 2. The fraction of sp³-hybridized carbons (Fsp3) is 0.385. The van der Waals surface area contributed by atoms with Crippen LogP contribution in [-0.4, -0.2) is 52.6 Å². The average Bonchev–Trinajstić information content (AvgIpc) is 3.37. The van der Waals surface area contributed by atoms with E-state index in [0.29, 0.717) is 30.8 Å². The van der Waals surface area contributed by atoms with Crippen LogP contribution in [0.1, 0.15) is 38.3 Å². The number of nitrogens with zero attached hydrogens (tertiary/aromatic N) is 1. The Morgan fingerprint density at radius 2 is 1.68 bits per heavy atom. The normalized spacial score (nSPS) is 16.7. The van der Waals surface area contributed by atoms with Crippen LogP contribution in [0.4, 0.5) is 5.69 Å². The van der Waals surface area contributed by atoms with Gasteiger partial charge in [-0.1, -0.05) is 30.8 Å². The molecule has 2 aromatic rings. The predicted octanol–water partition coefficient (Wildman–Crippen LogP) is 2.31. The van der Waals surface area contributed by atoms with Gasteiger partial charge in [-0.05, 0) is 61.6 Å². The molecule has 10 nitrogen and oxygen atoms in total. The molecular weight excluding hydrogens is 528 g/mol. The standard InChI is InChI=1S/C26H34N4O6S2/c1-5-37(33,34)28-17-21-14-15-30(18-21)38(35,36)24-12-8-22(9-13-24)26(3,4)25(32)27-16-20-6-10-23(11-7-20)29-19(2)31/h5-13,21,28H,1,14-18H2,2-4H3,(H,27,32)(H,29,31)/t21-/m1/s1. The van der Waals surface area contributed by atoms with Crippen molar-refractivity contribution in [3.8, 4) is 0 Å². The third-order valence-electron chi connectivity index (χ3n) is 6.55. The van der Waals surface area contributed by atoms with E-state index in [0.717, 1.165) is 11.0 Å². The second-order valence-corrected chi connectivity index (χ2v) is 13.4. The second-order valence-electron chi connectivity index (χ2n) is 9.79. The van der Waals surface area contributed by atoms with Crippen molar-refractivity contribution in [1.82, 2.24) is 14.3 Å². The topological polar surface area (TPSA) is 142 Å². The first-order chi connectivity index (χ1) is 17.7. The Bertz CT molecular complexity index is 1390. The molecule has 1 aliphatic rings. The quantitative estimate of drug-likeness (QED) is 0.384. The lowest BCUT2D eigenvalue weighted by molar-refractivity contribution is -0.125. The highest BCUT2D eigenvalue weighted by molar-refractivity contribution is 7.92. The first-order valence-electron chi connectivity index (χ1n) is 12.1. The maximum absolute atomic E-state index is 13.1. The van der Waals surface area contributed by atoms with E-state index in [1.807, 2.05) is 12.1 Å². The van der Waals surface area contributed by atoms with Gasteiger partial charge < -0.3 is 10.6 Å². The summed E-state index contributed by atoms with van der Waals surface area (Å²) in [5, 5.41) is 6.43. The van der Waals surface area contributed by atoms with Crippen LogP contribution in [0, 0.1) is 5.92 Å². The zero-order valence-electron chi connectivity index (χ0n) is 21.7. The van der Waals surface area contributed by atoms with Crippen molar-refractivity contribution in [1.29, 1.82) is 0 Å². The summed E-state index contributed by atoms with van der Waals surface area (Å²) in [6, 6.07) is 13.4. The van der Waals surface area contributed by atoms with Crippen LogP contribution in [0.15, 0.2) is 65.4 Å². The predicted molar refractivity (Wildman–Crippen MR) is 146 cm³/mol. The van der Waals surface area contributed by atoms with E-state index in [9.17, 15) is 26.4 Å². The van der Waals surface area contributed by atoms with Crippen LogP contribution >= 0.6 is 0 Å². The van der Waals surface area contributed by atoms with Gasteiger partial charge in [0, 0.05) is 44.2 Å². The maximum atomic E-state index is 13.1. The van der Waals surface area contributed by atoms with Gasteiger partial charge in [-0.15, -0.1) is 0 Å². The first kappa shape index (κ1) is 29.5. The lowest BCUT2D eigenvalue weighted by Crippen LogP contribution is -2.39. The zero-order chi connectivity index (χ0) is 28.1. The Hall–Kier alpha value is -3.06. The lowest BCUT2D eigenvalue weighted by Gasteiger charge is -2.25. The highest BCUT2D eigenvalue weighted by Crippen LogP contribution is 2.28. The summed E-state index contributed by atoms with van der Waals surface area (Å²) in [5.74, 6) is -0.517. The van der Waals surface area contributed by atoms with Gasteiger partial charge >= 0.3 is 0 Å². The SMILES string of the molecule is C=CS(=O)(=O)NC[C@H]1CCN(S(=O)(=O)c2ccc(C(C)(C)C(=O)NCc3ccc(NC(C)=O)cc3)cc2)C1. The molecule has 0 unspecified atom stereocenters. The van der Waals surface area contributed by atoms with Crippen molar-refractivity contribution in [2.45, 2.75) is 44.0 Å². The monoisotopic (exact) mass is 562 g/mol. The minimum Gasteiger partial charge on any atom is -0.351 e. The van der Waals surface area contributed by atoms with E-state index in [1.165, 1.54) is 23.4 Å². The summed E-state index contributed by atoms with van der Waals surface area (Å²) >= 11 is 0. The summed E-state index contributed by atoms with van der Waals surface area (Å²) in [7, 11) is -7.33. The number of carbonyl (C=O) groups is 2. The van der Waals surface area contributed by atoms with Gasteiger partial charge in [0.25, 0.3) is 0 Å². The van der Waals surface area contributed by atoms with Crippen molar-refractivity contribution in [3.05, 3.63) is 71.6 Å². The Morgan fingerprint density at radius 1 is 1.05 bits per heavy atom. The highest BCUT2D eigenvalue weighted by Gasteiger charge is 2.34. The van der Waals surface area contributed by atoms with Gasteiger partial charge in [0.15, 0.2) is 0 Å². The molecule has 12 heteroatoms. The molecule has 1 heterocycles. The minimum absolute atomic E-state index is 0.115.